The summed E-state index contributed by atoms with van der Waals surface area (Å²) < 4.78 is 31.4. The topological polar surface area (TPSA) is 47.5 Å². The van der Waals surface area contributed by atoms with E-state index >= 15 is 4.39 Å². The van der Waals surface area contributed by atoms with Crippen LogP contribution in [0.25, 0.3) is 108 Å². The summed E-state index contributed by atoms with van der Waals surface area (Å²) in [5, 5.41) is 22.4. The molecule has 2 heterocycles. The average molecular weight is 1520 g/mol. The van der Waals surface area contributed by atoms with Crippen LogP contribution in [-0.4, -0.2) is 9.97 Å². The predicted molar refractivity (Wildman–Crippen MR) is 474 cm³/mol. The second-order valence-corrected chi connectivity index (χ2v) is 31.3. The second kappa shape index (κ2) is 27.5. The first-order valence-electron chi connectivity index (χ1n) is 38.3. The zero-order valence-corrected chi connectivity index (χ0v) is 64.1. The molecule has 1 N–H and O–H groups in total. The van der Waals surface area contributed by atoms with Gasteiger partial charge in [-0.05, 0) is 213 Å². The maximum atomic E-state index is 16.3. The van der Waals surface area contributed by atoms with Gasteiger partial charge in [0.1, 0.15) is 23.3 Å². The minimum Gasteiger partial charge on any atom is -0.353 e. The van der Waals surface area contributed by atoms with Gasteiger partial charge < -0.3 is 10.2 Å². The lowest BCUT2D eigenvalue weighted by Gasteiger charge is -2.31. The fourth-order valence-electron chi connectivity index (χ4n) is 18.0. The Morgan fingerprint density at radius 3 is 1.19 bits per heavy atom. The van der Waals surface area contributed by atoms with Gasteiger partial charge in [-0.15, -0.1) is 0 Å². The molecule has 2 aliphatic carbocycles. The molecule has 113 heavy (non-hydrogen) atoms. The first-order valence-corrected chi connectivity index (χ1v) is 39.1. The Labute approximate surface area is 662 Å². The van der Waals surface area contributed by atoms with Crippen LogP contribution in [-0.2, 0) is 10.8 Å². The maximum Gasteiger partial charge on any atom is 0.147 e. The second-order valence-electron chi connectivity index (χ2n) is 30.4. The molecule has 6 nitrogen and oxygen atoms in total. The summed E-state index contributed by atoms with van der Waals surface area (Å²) in [4.78, 5) is 16.3. The Bertz CT molecular complexity index is 7120. The minimum absolute atomic E-state index is 0.0428. The third kappa shape index (κ3) is 11.5. The molecule has 0 fully saturated rings. The summed E-state index contributed by atoms with van der Waals surface area (Å²) in [5.41, 5.74) is 17.7. The number of aromatic nitrogens is 2. The molecule has 0 saturated carbocycles. The normalized spacial score (nSPS) is 12.9. The predicted octanol–water partition coefficient (Wildman–Crippen LogP) is 29.8. The number of rotatable bonds is 11. The molecule has 0 unspecified atom stereocenters. The number of nitrogens with one attached hydrogen (secondary N) is 1. The summed E-state index contributed by atoms with van der Waals surface area (Å²) in [6.07, 6.45) is 3.71. The fraction of sp³-hybridized carbons (Fsp3) is 0.0577. The quantitative estimate of drug-likeness (QED) is 0.130. The first kappa shape index (κ1) is 68.7. The molecule has 0 amide bonds. The first-order chi connectivity index (χ1) is 55.3. The SMILES string of the molecule is Brc1ccc2ccc3c(N(c4ccc5ccccc5c4)c4ccccn4)ccc4ccc1c2c43.CC1(C)c2ccccc2-c2c(N(c3ccccc3F)c3ccc4ccc5c(N(c6ccc7ccccc7c6)c6ccccn6)ccc6ccc3c4c65)cccc21.CC1(C)c2ccccc2-c2c(Nc3ccccc3F)cccc21. The number of anilines is 11. The van der Waals surface area contributed by atoms with Crippen molar-refractivity contribution in [1.82, 2.24) is 9.97 Å². The number of benzene rings is 18. The van der Waals surface area contributed by atoms with E-state index in [-0.39, 0.29) is 22.5 Å². The van der Waals surface area contributed by atoms with Crippen molar-refractivity contribution in [3.8, 4) is 22.3 Å². The van der Waals surface area contributed by atoms with Crippen molar-refractivity contribution < 1.29 is 8.78 Å². The lowest BCUT2D eigenvalue weighted by Crippen LogP contribution is -2.16. The molecule has 0 atom stereocenters. The van der Waals surface area contributed by atoms with Crippen LogP contribution < -0.4 is 20.0 Å². The van der Waals surface area contributed by atoms with Gasteiger partial charge in [0.05, 0.1) is 34.1 Å². The van der Waals surface area contributed by atoms with Crippen molar-refractivity contribution >= 4 is 165 Å². The Hall–Kier alpha value is -13.6. The van der Waals surface area contributed by atoms with Crippen molar-refractivity contribution in [2.45, 2.75) is 38.5 Å². The van der Waals surface area contributed by atoms with E-state index in [1.165, 1.54) is 104 Å². The fourth-order valence-corrected chi connectivity index (χ4v) is 18.5. The molecule has 2 aromatic heterocycles. The maximum absolute atomic E-state index is 16.3. The molecule has 0 bridgehead atoms. The molecule has 18 aromatic carbocycles. The number of fused-ring (bicyclic) bond motifs is 8. The van der Waals surface area contributed by atoms with E-state index in [1.807, 2.05) is 67.0 Å². The minimum atomic E-state index is -0.273. The zero-order valence-electron chi connectivity index (χ0n) is 62.5. The Morgan fingerprint density at radius 2 is 0.664 bits per heavy atom. The number of nitrogens with zero attached hydrogens (tertiary/aromatic N) is 5. The molecule has 22 rings (SSSR count). The van der Waals surface area contributed by atoms with Gasteiger partial charge in [0.2, 0.25) is 0 Å². The number of hydrogen-bond donors (Lipinski definition) is 1. The summed E-state index contributed by atoms with van der Waals surface area (Å²) in [5.74, 6) is 1.22. The Balaban J connectivity index is 0.000000123. The summed E-state index contributed by atoms with van der Waals surface area (Å²) in [7, 11) is 0. The summed E-state index contributed by atoms with van der Waals surface area (Å²) >= 11 is 3.76. The Morgan fingerprint density at radius 1 is 0.283 bits per heavy atom. The molecule has 9 heteroatoms. The molecular weight excluding hydrogens is 1450 g/mol. The van der Waals surface area contributed by atoms with Crippen molar-refractivity contribution in [2.24, 2.45) is 0 Å². The van der Waals surface area contributed by atoms with E-state index in [0.717, 1.165) is 88.4 Å². The van der Waals surface area contributed by atoms with Crippen molar-refractivity contribution in [2.75, 3.05) is 20.0 Å². The molecule has 540 valence electrons. The largest absolute Gasteiger partial charge is 0.353 e. The number of halogens is 3. The zero-order chi connectivity index (χ0) is 76.2. The van der Waals surface area contributed by atoms with Crippen LogP contribution in [0.15, 0.2) is 369 Å². The molecule has 2 aliphatic rings. The molecular formula is C104H73BrF2N6. The lowest BCUT2D eigenvalue weighted by atomic mass is 9.82. The van der Waals surface area contributed by atoms with Gasteiger partial charge in [0.25, 0.3) is 0 Å². The number of hydrogen-bond acceptors (Lipinski definition) is 6. The lowest BCUT2D eigenvalue weighted by molar-refractivity contribution is 0.629. The molecule has 0 aliphatic heterocycles. The highest BCUT2D eigenvalue weighted by molar-refractivity contribution is 9.10. The van der Waals surface area contributed by atoms with Crippen LogP contribution >= 0.6 is 15.9 Å². The van der Waals surface area contributed by atoms with E-state index in [2.05, 4.69) is 331 Å². The standard InChI is InChI=1S/C52H36FN3.C31H19BrN2.C21H18FN/c1-52(2)41-15-6-5-14-38(41)51-42(52)16-11-19-47(51)56(46-18-8-7-17-43(46)53)45-30-25-35-22-27-39-44(29-24-34-23-28-40(45)50(35)49(34)39)55(48-20-9-10-31-54-48)37-26-21-33-12-3-4-13-36(33)32-37;32-27-16-11-21-10-15-26-28(17-12-22-9-14-25(27)30(21)31(22)26)34(29-7-3-4-18-33-29)24-13-8-20-5-1-2-6-23(20)19-24;1-21(2)15-9-4-3-8-14(15)20-16(21)10-7-13-19(20)23-18-12-6-5-11-17(18)22/h3-32H,1-2H3;1-19H;3-13,23H,1-2H3. The van der Waals surface area contributed by atoms with Gasteiger partial charge in [0, 0.05) is 72.0 Å². The third-order valence-electron chi connectivity index (χ3n) is 23.3. The van der Waals surface area contributed by atoms with Crippen molar-refractivity contribution in [1.29, 1.82) is 0 Å². The summed E-state index contributed by atoms with van der Waals surface area (Å²) in [6, 6.07) is 121. The van der Waals surface area contributed by atoms with Gasteiger partial charge in [-0.3, -0.25) is 9.80 Å². The van der Waals surface area contributed by atoms with Gasteiger partial charge in [-0.2, -0.15) is 0 Å². The molecule has 0 spiro atoms. The van der Waals surface area contributed by atoms with Gasteiger partial charge >= 0.3 is 0 Å². The molecule has 0 saturated heterocycles. The van der Waals surface area contributed by atoms with Crippen LogP contribution in [0.3, 0.4) is 0 Å². The van der Waals surface area contributed by atoms with Crippen LogP contribution in [0.1, 0.15) is 49.9 Å². The van der Waals surface area contributed by atoms with E-state index in [1.54, 1.807) is 24.3 Å². The van der Waals surface area contributed by atoms with Crippen LogP contribution in [0.5, 0.6) is 0 Å². The van der Waals surface area contributed by atoms with Crippen molar-refractivity contribution in [3.05, 3.63) is 403 Å². The highest BCUT2D eigenvalue weighted by Crippen LogP contribution is 2.57. The summed E-state index contributed by atoms with van der Waals surface area (Å²) in [6.45, 7) is 9.05. The highest BCUT2D eigenvalue weighted by Gasteiger charge is 2.39. The van der Waals surface area contributed by atoms with Gasteiger partial charge in [-0.25, -0.2) is 18.7 Å². The monoisotopic (exact) mass is 1520 g/mol. The van der Waals surface area contributed by atoms with E-state index in [9.17, 15) is 4.39 Å². The highest BCUT2D eigenvalue weighted by atomic mass is 79.9. The van der Waals surface area contributed by atoms with E-state index in [0.29, 0.717) is 11.4 Å². The average Bonchev–Trinajstić information content (AvgIpc) is 1.71. The van der Waals surface area contributed by atoms with Crippen LogP contribution in [0.2, 0.25) is 0 Å². The van der Waals surface area contributed by atoms with Gasteiger partial charge in [0.15, 0.2) is 0 Å². The van der Waals surface area contributed by atoms with Crippen molar-refractivity contribution in [3.63, 3.8) is 0 Å². The van der Waals surface area contributed by atoms with E-state index in [4.69, 9.17) is 9.97 Å². The Kier molecular flexibility index (Phi) is 16.7. The van der Waals surface area contributed by atoms with Gasteiger partial charge in [-0.1, -0.05) is 286 Å². The number of para-hydroxylation sites is 2. The third-order valence-corrected chi connectivity index (χ3v) is 24.0. The van der Waals surface area contributed by atoms with Crippen LogP contribution in [0, 0.1) is 11.6 Å². The smallest absolute Gasteiger partial charge is 0.147 e. The van der Waals surface area contributed by atoms with Crippen LogP contribution in [0.4, 0.5) is 71.6 Å². The number of pyridine rings is 2. The van der Waals surface area contributed by atoms with E-state index < -0.39 is 0 Å². The molecule has 0 radical (unpaired) electrons. The molecule has 20 aromatic rings.